The van der Waals surface area contributed by atoms with E-state index in [0.717, 1.165) is 5.56 Å². The van der Waals surface area contributed by atoms with Crippen LogP contribution in [0.5, 0.6) is 0 Å². The molecule has 0 amide bonds. The average Bonchev–Trinajstić information content (AvgIpc) is 3.13. The van der Waals surface area contributed by atoms with Gasteiger partial charge >= 0.3 is 0 Å². The van der Waals surface area contributed by atoms with Crippen LogP contribution in [0.4, 0.5) is 0 Å². The molecular formula is C19H19ClOS. The van der Waals surface area contributed by atoms with E-state index in [2.05, 4.69) is 11.8 Å². The lowest BCUT2D eigenvalue weighted by Crippen LogP contribution is -1.93. The molecule has 0 N–H and O–H groups in total. The predicted octanol–water partition coefficient (Wildman–Crippen LogP) is 5.75. The molecule has 114 valence electrons. The molecule has 2 aromatic carbocycles. The van der Waals surface area contributed by atoms with E-state index in [1.165, 1.54) is 24.3 Å². The maximum atomic E-state index is 11.8. The van der Waals surface area contributed by atoms with Crippen molar-refractivity contribution in [2.24, 2.45) is 0 Å². The standard InChI is InChI=1S/C15H11ClO.C4H8S/c16-14-8-4-7-13(11-14)15(17)10-9-12-5-2-1-3-6-12;1-2-4-5-3-1/h1-11H;1-4H2. The van der Waals surface area contributed by atoms with Crippen molar-refractivity contribution in [1.29, 1.82) is 0 Å². The number of thioether (sulfide) groups is 1. The van der Waals surface area contributed by atoms with Crippen molar-refractivity contribution in [3.05, 3.63) is 76.8 Å². The van der Waals surface area contributed by atoms with Crippen LogP contribution in [0.15, 0.2) is 60.7 Å². The van der Waals surface area contributed by atoms with Crippen molar-refractivity contribution in [2.75, 3.05) is 11.5 Å². The Morgan fingerprint density at radius 1 is 1.00 bits per heavy atom. The zero-order valence-electron chi connectivity index (χ0n) is 12.4. The van der Waals surface area contributed by atoms with Crippen molar-refractivity contribution in [2.45, 2.75) is 12.8 Å². The third-order valence-electron chi connectivity index (χ3n) is 3.16. The van der Waals surface area contributed by atoms with Gasteiger partial charge in [0.05, 0.1) is 0 Å². The highest BCUT2D eigenvalue weighted by molar-refractivity contribution is 7.99. The number of ketones is 1. The molecule has 0 unspecified atom stereocenters. The van der Waals surface area contributed by atoms with Gasteiger partial charge in [-0.05, 0) is 48.1 Å². The fourth-order valence-corrected chi connectivity index (χ4v) is 3.20. The van der Waals surface area contributed by atoms with Gasteiger partial charge in [-0.3, -0.25) is 4.79 Å². The Balaban J connectivity index is 0.000000299. The minimum absolute atomic E-state index is 0.0450. The summed E-state index contributed by atoms with van der Waals surface area (Å²) in [4.78, 5) is 11.8. The van der Waals surface area contributed by atoms with Gasteiger partial charge in [-0.25, -0.2) is 0 Å². The summed E-state index contributed by atoms with van der Waals surface area (Å²) < 4.78 is 0. The fourth-order valence-electron chi connectivity index (χ4n) is 1.98. The Morgan fingerprint density at radius 3 is 2.32 bits per heavy atom. The summed E-state index contributed by atoms with van der Waals surface area (Å²) >= 11 is 7.90. The molecule has 1 aliphatic rings. The number of hydrogen-bond acceptors (Lipinski definition) is 2. The van der Waals surface area contributed by atoms with E-state index in [4.69, 9.17) is 11.6 Å². The highest BCUT2D eigenvalue weighted by Crippen LogP contribution is 2.14. The molecule has 2 aromatic rings. The average molecular weight is 331 g/mol. The summed E-state index contributed by atoms with van der Waals surface area (Å²) in [6.07, 6.45) is 6.28. The second-order valence-electron chi connectivity index (χ2n) is 4.94. The van der Waals surface area contributed by atoms with E-state index in [1.807, 2.05) is 30.3 Å². The molecule has 0 radical (unpaired) electrons. The molecule has 1 nitrogen and oxygen atoms in total. The van der Waals surface area contributed by atoms with Crippen LogP contribution < -0.4 is 0 Å². The quantitative estimate of drug-likeness (QED) is 0.526. The van der Waals surface area contributed by atoms with Crippen LogP contribution in [-0.4, -0.2) is 17.3 Å². The van der Waals surface area contributed by atoms with E-state index in [-0.39, 0.29) is 5.78 Å². The van der Waals surface area contributed by atoms with E-state index in [0.29, 0.717) is 10.6 Å². The second-order valence-corrected chi connectivity index (χ2v) is 6.60. The Kier molecular flexibility index (Phi) is 7.27. The highest BCUT2D eigenvalue weighted by Gasteiger charge is 2.01. The highest BCUT2D eigenvalue weighted by atomic mass is 35.5. The van der Waals surface area contributed by atoms with Gasteiger partial charge in [-0.2, -0.15) is 11.8 Å². The first kappa shape index (κ1) is 16.9. The smallest absolute Gasteiger partial charge is 0.185 e. The van der Waals surface area contributed by atoms with Crippen molar-refractivity contribution in [3.63, 3.8) is 0 Å². The Hall–Kier alpha value is -1.51. The molecular weight excluding hydrogens is 312 g/mol. The van der Waals surface area contributed by atoms with Crippen molar-refractivity contribution >= 4 is 35.2 Å². The van der Waals surface area contributed by atoms with Crippen LogP contribution in [0.2, 0.25) is 5.02 Å². The minimum atomic E-state index is -0.0450. The van der Waals surface area contributed by atoms with E-state index >= 15 is 0 Å². The molecule has 0 spiro atoms. The van der Waals surface area contributed by atoms with Crippen molar-refractivity contribution < 1.29 is 4.79 Å². The predicted molar refractivity (Wildman–Crippen MR) is 97.8 cm³/mol. The molecule has 1 fully saturated rings. The number of allylic oxidation sites excluding steroid dienone is 1. The summed E-state index contributed by atoms with van der Waals surface area (Å²) in [5.74, 6) is 2.79. The number of rotatable bonds is 3. The monoisotopic (exact) mass is 330 g/mol. The minimum Gasteiger partial charge on any atom is -0.289 e. The summed E-state index contributed by atoms with van der Waals surface area (Å²) in [6, 6.07) is 16.6. The number of halogens is 1. The molecule has 0 aliphatic carbocycles. The molecule has 0 bridgehead atoms. The molecule has 3 rings (SSSR count). The molecule has 1 saturated heterocycles. The number of benzene rings is 2. The largest absolute Gasteiger partial charge is 0.289 e. The van der Waals surface area contributed by atoms with Gasteiger partial charge < -0.3 is 0 Å². The van der Waals surface area contributed by atoms with Gasteiger partial charge in [0.15, 0.2) is 5.78 Å². The van der Waals surface area contributed by atoms with Crippen LogP contribution in [0.3, 0.4) is 0 Å². The first-order chi connectivity index (χ1) is 10.8. The van der Waals surface area contributed by atoms with E-state index in [1.54, 1.807) is 36.4 Å². The maximum absolute atomic E-state index is 11.8. The summed E-state index contributed by atoms with van der Waals surface area (Å²) in [5, 5.41) is 0.573. The lowest BCUT2D eigenvalue weighted by atomic mass is 10.1. The lowest BCUT2D eigenvalue weighted by molar-refractivity contribution is 0.104. The molecule has 0 saturated carbocycles. The molecule has 1 aliphatic heterocycles. The fraction of sp³-hybridized carbons (Fsp3) is 0.211. The lowest BCUT2D eigenvalue weighted by Gasteiger charge is -1.96. The normalized spacial score (nSPS) is 13.7. The van der Waals surface area contributed by atoms with Gasteiger partial charge in [0.1, 0.15) is 0 Å². The number of hydrogen-bond donors (Lipinski definition) is 0. The molecule has 3 heteroatoms. The van der Waals surface area contributed by atoms with Gasteiger partial charge in [-0.15, -0.1) is 0 Å². The SMILES string of the molecule is C1CCSC1.O=C(C=Cc1ccccc1)c1cccc(Cl)c1. The van der Waals surface area contributed by atoms with Crippen molar-refractivity contribution in [1.82, 2.24) is 0 Å². The van der Waals surface area contributed by atoms with Crippen LogP contribution in [0.25, 0.3) is 6.08 Å². The topological polar surface area (TPSA) is 17.1 Å². The summed E-state index contributed by atoms with van der Waals surface area (Å²) in [6.45, 7) is 0. The Bertz CT molecular complexity index is 611. The molecule has 0 atom stereocenters. The van der Waals surface area contributed by atoms with E-state index < -0.39 is 0 Å². The Morgan fingerprint density at radius 2 is 1.73 bits per heavy atom. The van der Waals surface area contributed by atoms with Gasteiger partial charge in [0.2, 0.25) is 0 Å². The second kappa shape index (κ2) is 9.50. The third kappa shape index (κ3) is 6.08. The molecule has 22 heavy (non-hydrogen) atoms. The number of carbonyl (C=O) groups is 1. The maximum Gasteiger partial charge on any atom is 0.185 e. The number of carbonyl (C=O) groups excluding carboxylic acids is 1. The van der Waals surface area contributed by atoms with Crippen LogP contribution >= 0.6 is 23.4 Å². The first-order valence-electron chi connectivity index (χ1n) is 7.36. The van der Waals surface area contributed by atoms with Gasteiger partial charge in [0.25, 0.3) is 0 Å². The molecule has 1 heterocycles. The van der Waals surface area contributed by atoms with Gasteiger partial charge in [0, 0.05) is 10.6 Å². The zero-order valence-corrected chi connectivity index (χ0v) is 13.9. The zero-order chi connectivity index (χ0) is 15.6. The van der Waals surface area contributed by atoms with Crippen LogP contribution in [0.1, 0.15) is 28.8 Å². The molecule has 0 aromatic heterocycles. The van der Waals surface area contributed by atoms with Gasteiger partial charge in [-0.1, -0.05) is 60.1 Å². The van der Waals surface area contributed by atoms with E-state index in [9.17, 15) is 4.79 Å². The Labute approximate surface area is 141 Å². The van der Waals surface area contributed by atoms with Crippen molar-refractivity contribution in [3.8, 4) is 0 Å². The third-order valence-corrected chi connectivity index (χ3v) is 4.55. The summed E-state index contributed by atoms with van der Waals surface area (Å²) in [7, 11) is 0. The summed E-state index contributed by atoms with van der Waals surface area (Å²) in [5.41, 5.74) is 1.60. The first-order valence-corrected chi connectivity index (χ1v) is 8.90. The van der Waals surface area contributed by atoms with Crippen LogP contribution in [-0.2, 0) is 0 Å². The van der Waals surface area contributed by atoms with Crippen LogP contribution in [0, 0.1) is 0 Å².